The number of benzene rings is 1. The van der Waals surface area contributed by atoms with Gasteiger partial charge in [0.2, 0.25) is 10.0 Å². The number of fused-ring (bicyclic) bond motifs is 1. The summed E-state index contributed by atoms with van der Waals surface area (Å²) in [5.74, 6) is -0.668. The van der Waals surface area contributed by atoms with Crippen LogP contribution in [0.2, 0.25) is 0 Å². The number of nitrogens with one attached hydrogen (secondary N) is 1. The number of primary amides is 1. The Morgan fingerprint density at radius 3 is 2.59 bits per heavy atom. The lowest BCUT2D eigenvalue weighted by Gasteiger charge is -2.22. The van der Waals surface area contributed by atoms with Gasteiger partial charge in [0.25, 0.3) is 5.91 Å². The van der Waals surface area contributed by atoms with Crippen LogP contribution in [0.5, 0.6) is 0 Å². The molecule has 0 aliphatic heterocycles. The molecule has 3 N–H and O–H groups in total. The molecule has 0 bridgehead atoms. The second kappa shape index (κ2) is 7.78. The number of nitrogens with zero attached hydrogens (tertiary/aromatic N) is 1. The Morgan fingerprint density at radius 1 is 1.17 bits per heavy atom. The van der Waals surface area contributed by atoms with Crippen molar-refractivity contribution in [3.8, 4) is 0 Å². The topological polar surface area (TPSA) is 94.2 Å². The summed E-state index contributed by atoms with van der Waals surface area (Å²) in [7, 11) is -2.27. The quantitative estimate of drug-likeness (QED) is 0.630. The van der Waals surface area contributed by atoms with E-state index in [4.69, 9.17) is 5.73 Å². The molecule has 0 fully saturated rings. The summed E-state index contributed by atoms with van der Waals surface area (Å²) < 4.78 is 30.5. The first-order chi connectivity index (χ1) is 13.8. The van der Waals surface area contributed by atoms with Crippen molar-refractivity contribution in [3.05, 3.63) is 75.2 Å². The van der Waals surface area contributed by atoms with Gasteiger partial charge in [0.15, 0.2) is 0 Å². The van der Waals surface area contributed by atoms with Crippen LogP contribution in [0.15, 0.2) is 52.9 Å². The molecule has 2 aromatic heterocycles. The van der Waals surface area contributed by atoms with Gasteiger partial charge in [0.05, 0.1) is 6.04 Å². The molecule has 0 radical (unpaired) electrons. The summed E-state index contributed by atoms with van der Waals surface area (Å²) in [6.45, 7) is 0. The van der Waals surface area contributed by atoms with Gasteiger partial charge in [0, 0.05) is 18.1 Å². The smallest absolute Gasteiger partial charge is 0.265 e. The van der Waals surface area contributed by atoms with E-state index in [0.717, 1.165) is 29.7 Å². The van der Waals surface area contributed by atoms with E-state index in [1.807, 2.05) is 23.6 Å². The molecule has 0 unspecified atom stereocenters. The Bertz CT molecular complexity index is 1150. The number of carbonyl (C=O) groups is 1. The SMILES string of the molecule is Cn1cc(S(=O)(=O)N[C@H](c2ccc3c(c2)CCCC3)c2cccs2)cc1C(N)=O. The fourth-order valence-corrected chi connectivity index (χ4v) is 5.98. The minimum Gasteiger partial charge on any atom is -0.364 e. The minimum atomic E-state index is -3.86. The van der Waals surface area contributed by atoms with Crippen molar-refractivity contribution in [2.24, 2.45) is 12.8 Å². The molecule has 152 valence electrons. The highest BCUT2D eigenvalue weighted by Gasteiger charge is 2.26. The zero-order valence-electron chi connectivity index (χ0n) is 16.1. The summed E-state index contributed by atoms with van der Waals surface area (Å²) in [6, 6.07) is 10.9. The number of sulfonamides is 1. The van der Waals surface area contributed by atoms with Crippen LogP contribution >= 0.6 is 11.3 Å². The third-order valence-corrected chi connectivity index (χ3v) is 7.68. The molecule has 1 atom stereocenters. The number of amides is 1. The largest absolute Gasteiger partial charge is 0.364 e. The Hall–Kier alpha value is -2.42. The van der Waals surface area contributed by atoms with Gasteiger partial charge in [0.1, 0.15) is 10.6 Å². The fraction of sp³-hybridized carbons (Fsp3) is 0.286. The van der Waals surface area contributed by atoms with Crippen LogP contribution in [-0.4, -0.2) is 18.9 Å². The molecule has 1 aliphatic rings. The molecule has 8 heteroatoms. The van der Waals surface area contributed by atoms with Crippen molar-refractivity contribution in [1.29, 1.82) is 0 Å². The number of carbonyl (C=O) groups excluding carboxylic acids is 1. The zero-order chi connectivity index (χ0) is 20.6. The highest BCUT2D eigenvalue weighted by Crippen LogP contribution is 2.31. The van der Waals surface area contributed by atoms with Gasteiger partial charge in [-0.05, 0) is 59.9 Å². The van der Waals surface area contributed by atoms with E-state index in [1.54, 1.807) is 7.05 Å². The van der Waals surface area contributed by atoms with Gasteiger partial charge >= 0.3 is 0 Å². The predicted molar refractivity (Wildman–Crippen MR) is 113 cm³/mol. The van der Waals surface area contributed by atoms with Gasteiger partial charge in [-0.25, -0.2) is 8.42 Å². The highest BCUT2D eigenvalue weighted by atomic mass is 32.2. The number of hydrogen-bond donors (Lipinski definition) is 2. The van der Waals surface area contributed by atoms with Crippen LogP contribution in [0.1, 0.15) is 50.9 Å². The third-order valence-electron chi connectivity index (χ3n) is 5.35. The number of hydrogen-bond acceptors (Lipinski definition) is 4. The molecular weight excluding hydrogens is 406 g/mol. The number of aromatic nitrogens is 1. The Balaban J connectivity index is 1.72. The first-order valence-electron chi connectivity index (χ1n) is 9.49. The standard InChI is InChI=1S/C21H23N3O3S2/c1-24-13-17(12-18(24)21(22)25)29(26,27)23-20(19-7-4-10-28-19)16-9-8-14-5-2-3-6-15(14)11-16/h4,7-13,20,23H,2-3,5-6H2,1H3,(H2,22,25)/t20-/m1/s1. The lowest BCUT2D eigenvalue weighted by molar-refractivity contribution is 0.0992. The molecule has 1 amide bonds. The lowest BCUT2D eigenvalue weighted by Crippen LogP contribution is -2.29. The minimum absolute atomic E-state index is 0.0216. The number of thiophene rings is 1. The Labute approximate surface area is 174 Å². The fourth-order valence-electron chi connectivity index (χ4n) is 3.83. The third kappa shape index (κ3) is 4.01. The molecule has 0 saturated heterocycles. The molecule has 29 heavy (non-hydrogen) atoms. The molecule has 0 spiro atoms. The summed E-state index contributed by atoms with van der Waals surface area (Å²) in [5, 5.41) is 1.93. The van der Waals surface area contributed by atoms with Crippen LogP contribution < -0.4 is 10.5 Å². The van der Waals surface area contributed by atoms with Crippen LogP contribution in [0.4, 0.5) is 0 Å². The van der Waals surface area contributed by atoms with Crippen LogP contribution in [0, 0.1) is 0 Å². The molecule has 1 aliphatic carbocycles. The van der Waals surface area contributed by atoms with Gasteiger partial charge in [-0.2, -0.15) is 4.72 Å². The van der Waals surface area contributed by atoms with Crippen molar-refractivity contribution in [2.75, 3.05) is 0 Å². The monoisotopic (exact) mass is 429 g/mol. The number of nitrogens with two attached hydrogens (primary N) is 1. The van der Waals surface area contributed by atoms with Gasteiger partial charge in [-0.15, -0.1) is 11.3 Å². The Kier molecular flexibility index (Phi) is 5.33. The van der Waals surface area contributed by atoms with E-state index in [2.05, 4.69) is 16.9 Å². The van der Waals surface area contributed by atoms with Crippen molar-refractivity contribution in [1.82, 2.24) is 9.29 Å². The maximum absolute atomic E-state index is 13.1. The van der Waals surface area contributed by atoms with Gasteiger partial charge in [-0.3, -0.25) is 4.79 Å². The summed E-state index contributed by atoms with van der Waals surface area (Å²) in [4.78, 5) is 12.5. The average molecular weight is 430 g/mol. The van der Waals surface area contributed by atoms with Crippen LogP contribution in [-0.2, 0) is 29.9 Å². The van der Waals surface area contributed by atoms with E-state index in [-0.39, 0.29) is 10.6 Å². The summed E-state index contributed by atoms with van der Waals surface area (Å²) in [6.07, 6.45) is 5.86. The maximum atomic E-state index is 13.1. The molecule has 3 aromatic rings. The first kappa shape index (κ1) is 19.9. The number of rotatable bonds is 6. The van der Waals surface area contributed by atoms with E-state index < -0.39 is 22.0 Å². The van der Waals surface area contributed by atoms with Crippen LogP contribution in [0.3, 0.4) is 0 Å². The summed E-state index contributed by atoms with van der Waals surface area (Å²) >= 11 is 1.51. The van der Waals surface area contributed by atoms with Crippen LogP contribution in [0.25, 0.3) is 0 Å². The average Bonchev–Trinajstić information content (AvgIpc) is 3.36. The van der Waals surface area contributed by atoms with Crippen molar-refractivity contribution in [2.45, 2.75) is 36.6 Å². The number of aryl methyl sites for hydroxylation is 3. The maximum Gasteiger partial charge on any atom is 0.265 e. The second-order valence-electron chi connectivity index (χ2n) is 7.34. The lowest BCUT2D eigenvalue weighted by atomic mass is 9.89. The zero-order valence-corrected chi connectivity index (χ0v) is 17.7. The molecule has 1 aromatic carbocycles. The summed E-state index contributed by atoms with van der Waals surface area (Å²) in [5.41, 5.74) is 9.04. The normalized spacial score (nSPS) is 15.1. The second-order valence-corrected chi connectivity index (χ2v) is 10.0. The van der Waals surface area contributed by atoms with Gasteiger partial charge in [-0.1, -0.05) is 24.3 Å². The van der Waals surface area contributed by atoms with E-state index >= 15 is 0 Å². The highest BCUT2D eigenvalue weighted by molar-refractivity contribution is 7.89. The van der Waals surface area contributed by atoms with Crippen molar-refractivity contribution in [3.63, 3.8) is 0 Å². The van der Waals surface area contributed by atoms with Crippen molar-refractivity contribution >= 4 is 27.3 Å². The van der Waals surface area contributed by atoms with Crippen molar-refractivity contribution < 1.29 is 13.2 Å². The molecular formula is C21H23N3O3S2. The van der Waals surface area contributed by atoms with E-state index in [0.29, 0.717) is 0 Å². The Morgan fingerprint density at radius 2 is 1.93 bits per heavy atom. The molecule has 6 nitrogen and oxygen atoms in total. The molecule has 4 rings (SSSR count). The molecule has 2 heterocycles. The van der Waals surface area contributed by atoms with Gasteiger partial charge < -0.3 is 10.3 Å². The molecule has 0 saturated carbocycles. The predicted octanol–water partition coefficient (Wildman–Crippen LogP) is 3.13. The van der Waals surface area contributed by atoms with E-state index in [1.165, 1.54) is 45.7 Å². The first-order valence-corrected chi connectivity index (χ1v) is 11.8. The van der Waals surface area contributed by atoms with E-state index in [9.17, 15) is 13.2 Å².